The Morgan fingerprint density at radius 3 is 2.88 bits per heavy atom. The first-order chi connectivity index (χ1) is 8.40. The van der Waals surface area contributed by atoms with Gasteiger partial charge in [0.1, 0.15) is 0 Å². The second-order valence-corrected chi connectivity index (χ2v) is 3.92. The van der Waals surface area contributed by atoms with Crippen LogP contribution >= 0.6 is 0 Å². The number of hydrogen-bond donors (Lipinski definition) is 0. The third-order valence-corrected chi connectivity index (χ3v) is 2.94. The van der Waals surface area contributed by atoms with Crippen molar-refractivity contribution >= 4 is 11.9 Å². The number of aryl methyl sites for hydroxylation is 1. The van der Waals surface area contributed by atoms with Crippen molar-refractivity contribution in [3.05, 3.63) is 35.8 Å². The van der Waals surface area contributed by atoms with Crippen molar-refractivity contribution in [2.24, 2.45) is 4.99 Å². The van der Waals surface area contributed by atoms with E-state index in [0.29, 0.717) is 5.82 Å². The molecule has 5 nitrogen and oxygen atoms in total. The molecule has 0 saturated heterocycles. The highest BCUT2D eigenvalue weighted by Crippen LogP contribution is 2.32. The van der Waals surface area contributed by atoms with Gasteiger partial charge in [-0.15, -0.1) is 4.99 Å². The molecule has 5 heteroatoms. The van der Waals surface area contributed by atoms with Crippen molar-refractivity contribution < 1.29 is 4.79 Å². The minimum atomic E-state index is 0.610. The lowest BCUT2D eigenvalue weighted by Crippen LogP contribution is -1.97. The minimum absolute atomic E-state index is 0.610. The third-order valence-electron chi connectivity index (χ3n) is 2.94. The molecule has 0 bridgehead atoms. The molecule has 0 unspecified atom stereocenters. The zero-order valence-corrected chi connectivity index (χ0v) is 9.13. The van der Waals surface area contributed by atoms with Gasteiger partial charge in [0.2, 0.25) is 6.08 Å². The van der Waals surface area contributed by atoms with E-state index in [1.54, 1.807) is 23.2 Å². The first-order valence-electron chi connectivity index (χ1n) is 5.49. The summed E-state index contributed by atoms with van der Waals surface area (Å²) < 4.78 is 1.69. The molecule has 0 spiro atoms. The Labute approximate surface area is 97.8 Å². The molecule has 0 N–H and O–H groups in total. The van der Waals surface area contributed by atoms with Crippen LogP contribution in [0, 0.1) is 0 Å². The summed E-state index contributed by atoms with van der Waals surface area (Å²) in [4.78, 5) is 18.3. The first kappa shape index (κ1) is 9.93. The van der Waals surface area contributed by atoms with Crippen LogP contribution in [0.1, 0.15) is 17.7 Å². The van der Waals surface area contributed by atoms with Gasteiger partial charge in [-0.25, -0.2) is 9.48 Å². The summed E-state index contributed by atoms with van der Waals surface area (Å²) in [5.41, 5.74) is 2.98. The van der Waals surface area contributed by atoms with Crippen LogP contribution in [-0.2, 0) is 17.6 Å². The summed E-state index contributed by atoms with van der Waals surface area (Å²) in [5, 5.41) is 4.50. The quantitative estimate of drug-likeness (QED) is 0.578. The molecular weight excluding hydrogens is 216 g/mol. The third kappa shape index (κ3) is 1.57. The average Bonchev–Trinajstić information content (AvgIpc) is 2.93. The molecule has 0 aromatic carbocycles. The Bertz CT molecular complexity index is 596. The highest BCUT2D eigenvalue weighted by Gasteiger charge is 2.22. The zero-order valence-electron chi connectivity index (χ0n) is 9.13. The number of aliphatic imine (C=N–C) groups is 1. The number of aromatic nitrogens is 3. The molecule has 0 aliphatic heterocycles. The number of isocyanates is 1. The second-order valence-electron chi connectivity index (χ2n) is 3.92. The number of pyridine rings is 1. The van der Waals surface area contributed by atoms with E-state index in [2.05, 4.69) is 15.1 Å². The molecule has 0 saturated carbocycles. The van der Waals surface area contributed by atoms with Gasteiger partial charge in [0.15, 0.2) is 5.82 Å². The van der Waals surface area contributed by atoms with Crippen molar-refractivity contribution in [3.8, 4) is 5.69 Å². The SMILES string of the molecule is O=C=Nc1c2c(nn1-c1ccncc1)CCC2. The highest BCUT2D eigenvalue weighted by atomic mass is 16.1. The Hall–Kier alpha value is -2.26. The monoisotopic (exact) mass is 226 g/mol. The predicted octanol–water partition coefficient (Wildman–Crippen LogP) is 1.72. The van der Waals surface area contributed by atoms with Crippen molar-refractivity contribution in [1.29, 1.82) is 0 Å². The van der Waals surface area contributed by atoms with E-state index in [1.165, 1.54) is 0 Å². The molecular formula is C12H10N4O. The fourth-order valence-electron chi connectivity index (χ4n) is 2.20. The van der Waals surface area contributed by atoms with Crippen LogP contribution in [0.4, 0.5) is 5.82 Å². The minimum Gasteiger partial charge on any atom is -0.265 e. The van der Waals surface area contributed by atoms with Gasteiger partial charge >= 0.3 is 0 Å². The Balaban J connectivity index is 2.21. The lowest BCUT2D eigenvalue weighted by molar-refractivity contribution is 0.565. The molecule has 3 rings (SSSR count). The van der Waals surface area contributed by atoms with Crippen LogP contribution < -0.4 is 0 Å². The molecule has 2 heterocycles. The summed E-state index contributed by atoms with van der Waals surface area (Å²) in [6, 6.07) is 3.68. The van der Waals surface area contributed by atoms with Gasteiger partial charge in [-0.05, 0) is 31.4 Å². The lowest BCUT2D eigenvalue weighted by atomic mass is 10.2. The van der Waals surface area contributed by atoms with Gasteiger partial charge in [0.05, 0.1) is 11.4 Å². The Kier molecular flexibility index (Phi) is 2.31. The molecule has 0 fully saturated rings. The van der Waals surface area contributed by atoms with Crippen LogP contribution in [0.5, 0.6) is 0 Å². The van der Waals surface area contributed by atoms with Gasteiger partial charge in [-0.1, -0.05) is 0 Å². The second kappa shape index (κ2) is 3.96. The molecule has 1 aliphatic rings. The van der Waals surface area contributed by atoms with Gasteiger partial charge < -0.3 is 0 Å². The Morgan fingerprint density at radius 2 is 2.12 bits per heavy atom. The molecule has 0 atom stereocenters. The fraction of sp³-hybridized carbons (Fsp3) is 0.250. The standard InChI is InChI=1S/C12H10N4O/c17-8-14-12-10-2-1-3-11(10)15-16(12)9-4-6-13-7-5-9/h4-7H,1-3H2. The normalized spacial score (nSPS) is 13.2. The number of hydrogen-bond acceptors (Lipinski definition) is 4. The van der Waals surface area contributed by atoms with Gasteiger partial charge in [-0.3, -0.25) is 4.98 Å². The van der Waals surface area contributed by atoms with Gasteiger partial charge in [0.25, 0.3) is 0 Å². The molecule has 0 radical (unpaired) electrons. The molecule has 2 aromatic heterocycles. The summed E-state index contributed by atoms with van der Waals surface area (Å²) in [5.74, 6) is 0.610. The maximum absolute atomic E-state index is 10.5. The summed E-state index contributed by atoms with van der Waals surface area (Å²) in [6.45, 7) is 0. The van der Waals surface area contributed by atoms with Crippen molar-refractivity contribution in [1.82, 2.24) is 14.8 Å². The maximum Gasteiger partial charge on any atom is 0.242 e. The van der Waals surface area contributed by atoms with E-state index in [1.807, 2.05) is 12.1 Å². The first-order valence-corrected chi connectivity index (χ1v) is 5.49. The summed E-state index contributed by atoms with van der Waals surface area (Å²) in [6.07, 6.45) is 7.95. The highest BCUT2D eigenvalue weighted by molar-refractivity contribution is 5.56. The number of rotatable bonds is 2. The van der Waals surface area contributed by atoms with E-state index >= 15 is 0 Å². The average molecular weight is 226 g/mol. The molecule has 84 valence electrons. The molecule has 0 amide bonds. The van der Waals surface area contributed by atoms with E-state index in [9.17, 15) is 4.79 Å². The maximum atomic E-state index is 10.5. The lowest BCUT2D eigenvalue weighted by Gasteiger charge is -2.03. The van der Waals surface area contributed by atoms with Crippen LogP contribution in [0.2, 0.25) is 0 Å². The molecule has 2 aromatic rings. The zero-order chi connectivity index (χ0) is 11.7. The largest absolute Gasteiger partial charge is 0.265 e. The van der Waals surface area contributed by atoms with E-state index in [4.69, 9.17) is 0 Å². The van der Waals surface area contributed by atoms with Crippen LogP contribution in [-0.4, -0.2) is 20.8 Å². The smallest absolute Gasteiger partial charge is 0.242 e. The number of fused-ring (bicyclic) bond motifs is 1. The van der Waals surface area contributed by atoms with Crippen molar-refractivity contribution in [2.75, 3.05) is 0 Å². The van der Waals surface area contributed by atoms with Crippen LogP contribution in [0.3, 0.4) is 0 Å². The fourth-order valence-corrected chi connectivity index (χ4v) is 2.20. The van der Waals surface area contributed by atoms with E-state index < -0.39 is 0 Å². The predicted molar refractivity (Wildman–Crippen MR) is 61.2 cm³/mol. The summed E-state index contributed by atoms with van der Waals surface area (Å²) >= 11 is 0. The number of nitrogens with zero attached hydrogens (tertiary/aromatic N) is 4. The number of carbonyl (C=O) groups excluding carboxylic acids is 1. The van der Waals surface area contributed by atoms with Crippen LogP contribution in [0.25, 0.3) is 5.69 Å². The van der Waals surface area contributed by atoms with Crippen molar-refractivity contribution in [3.63, 3.8) is 0 Å². The van der Waals surface area contributed by atoms with Gasteiger partial charge in [-0.2, -0.15) is 5.10 Å². The summed E-state index contributed by atoms with van der Waals surface area (Å²) in [7, 11) is 0. The van der Waals surface area contributed by atoms with E-state index in [-0.39, 0.29) is 0 Å². The van der Waals surface area contributed by atoms with Crippen molar-refractivity contribution in [2.45, 2.75) is 19.3 Å². The molecule has 1 aliphatic carbocycles. The Morgan fingerprint density at radius 1 is 1.29 bits per heavy atom. The van der Waals surface area contributed by atoms with Gasteiger partial charge in [0, 0.05) is 18.0 Å². The van der Waals surface area contributed by atoms with Crippen LogP contribution in [0.15, 0.2) is 29.5 Å². The molecule has 17 heavy (non-hydrogen) atoms. The van der Waals surface area contributed by atoms with E-state index in [0.717, 1.165) is 36.2 Å². The topological polar surface area (TPSA) is 60.1 Å².